The zero-order valence-electron chi connectivity index (χ0n) is 17.2. The van der Waals surface area contributed by atoms with Crippen LogP contribution in [0.15, 0.2) is 71.5 Å². The first-order valence-electron chi connectivity index (χ1n) is 9.96. The first-order chi connectivity index (χ1) is 15.0. The Balaban J connectivity index is 1.78. The molecular weight excluding hydrogens is 413 g/mol. The fourth-order valence-electron chi connectivity index (χ4n) is 3.31. The van der Waals surface area contributed by atoms with Crippen LogP contribution in [0.3, 0.4) is 0 Å². The van der Waals surface area contributed by atoms with Gasteiger partial charge in [0.25, 0.3) is 5.91 Å². The Labute approximate surface area is 184 Å². The number of rotatable bonds is 7. The number of carbonyl (C=O) groups excluding carboxylic acids is 1. The largest absolute Gasteiger partial charge is 0.459 e. The van der Waals surface area contributed by atoms with Crippen molar-refractivity contribution in [3.8, 4) is 0 Å². The number of anilines is 2. The number of halogens is 1. The Morgan fingerprint density at radius 3 is 2.71 bits per heavy atom. The summed E-state index contributed by atoms with van der Waals surface area (Å²) >= 11 is 1.47. The minimum atomic E-state index is -0.543. The molecule has 0 saturated carbocycles. The van der Waals surface area contributed by atoms with Crippen molar-refractivity contribution in [3.63, 3.8) is 0 Å². The summed E-state index contributed by atoms with van der Waals surface area (Å²) < 4.78 is 20.1. The lowest BCUT2D eigenvalue weighted by atomic mass is 9.99. The molecule has 4 rings (SSSR count). The zero-order chi connectivity index (χ0) is 21.8. The summed E-state index contributed by atoms with van der Waals surface area (Å²) in [5.74, 6) is 0.158. The Morgan fingerprint density at radius 1 is 1.16 bits per heavy atom. The summed E-state index contributed by atoms with van der Waals surface area (Å²) in [5, 5.41) is 6.94. The molecule has 31 heavy (non-hydrogen) atoms. The maximum Gasteiger partial charge on any atom is 0.291 e. The smallest absolute Gasteiger partial charge is 0.291 e. The first-order valence-corrected chi connectivity index (χ1v) is 10.8. The van der Waals surface area contributed by atoms with E-state index in [-0.39, 0.29) is 17.5 Å². The minimum absolute atomic E-state index is 0.216. The van der Waals surface area contributed by atoms with Gasteiger partial charge >= 0.3 is 0 Å². The van der Waals surface area contributed by atoms with Crippen molar-refractivity contribution >= 4 is 28.1 Å². The molecule has 0 radical (unpaired) electrons. The summed E-state index contributed by atoms with van der Waals surface area (Å²) in [6, 6.07) is 15.2. The number of nitrogens with zero attached hydrogens (tertiary/aromatic N) is 1. The average molecular weight is 436 g/mol. The highest BCUT2D eigenvalue weighted by Gasteiger charge is 2.25. The number of aromatic nitrogens is 1. The second-order valence-electron chi connectivity index (χ2n) is 7.10. The molecule has 0 unspecified atom stereocenters. The molecule has 7 heteroatoms. The predicted molar refractivity (Wildman–Crippen MR) is 121 cm³/mol. The number of amides is 1. The molecule has 3 aromatic heterocycles. The fraction of sp³-hybridized carbons (Fsp3) is 0.167. The number of hydrogen-bond donors (Lipinski definition) is 2. The van der Waals surface area contributed by atoms with Crippen LogP contribution in [-0.4, -0.2) is 10.9 Å². The van der Waals surface area contributed by atoms with E-state index in [2.05, 4.69) is 15.6 Å². The van der Waals surface area contributed by atoms with Gasteiger partial charge in [-0.25, -0.2) is 9.37 Å². The summed E-state index contributed by atoms with van der Waals surface area (Å²) in [5.41, 5.74) is 2.28. The number of nitrogens with one attached hydrogen (secondary N) is 2. The molecule has 0 saturated heterocycles. The number of carbonyl (C=O) groups is 1. The third kappa shape index (κ3) is 4.67. The van der Waals surface area contributed by atoms with E-state index in [4.69, 9.17) is 4.42 Å². The van der Waals surface area contributed by atoms with Crippen molar-refractivity contribution in [3.05, 3.63) is 100 Å². The lowest BCUT2D eigenvalue weighted by Crippen LogP contribution is -2.17. The Hall–Kier alpha value is -3.45. The molecule has 158 valence electrons. The van der Waals surface area contributed by atoms with Crippen molar-refractivity contribution in [2.75, 3.05) is 10.6 Å². The van der Waals surface area contributed by atoms with Crippen molar-refractivity contribution in [2.45, 2.75) is 26.3 Å². The third-order valence-corrected chi connectivity index (χ3v) is 6.08. The normalized spacial score (nSPS) is 11.8. The molecule has 0 aliphatic rings. The molecule has 0 spiro atoms. The maximum atomic E-state index is 14.9. The van der Waals surface area contributed by atoms with E-state index in [0.717, 1.165) is 22.4 Å². The van der Waals surface area contributed by atoms with Crippen LogP contribution in [0, 0.1) is 12.7 Å². The van der Waals surface area contributed by atoms with Crippen LogP contribution in [0.25, 0.3) is 0 Å². The molecule has 0 bridgehead atoms. The van der Waals surface area contributed by atoms with E-state index < -0.39 is 6.04 Å². The third-order valence-electron chi connectivity index (χ3n) is 4.87. The van der Waals surface area contributed by atoms with Crippen molar-refractivity contribution in [2.24, 2.45) is 0 Å². The number of aryl methyl sites for hydroxylation is 2. The van der Waals surface area contributed by atoms with E-state index in [1.54, 1.807) is 36.5 Å². The molecule has 0 fully saturated rings. The van der Waals surface area contributed by atoms with Crippen LogP contribution >= 0.6 is 11.3 Å². The standard InChI is InChI=1S/C24H22FN3O2S/c1-3-16-14-18(24(31-16)28-23(29)20-9-6-12-30-20)22(17-7-4-5-8-19(17)25)27-21-13-15(2)10-11-26-21/h4-14,22H,3H2,1-2H3,(H,26,27)(H,28,29)/t22-/m1/s1. The molecule has 1 aromatic carbocycles. The Kier molecular flexibility index (Phi) is 6.13. The molecule has 2 N–H and O–H groups in total. The number of thiophene rings is 1. The van der Waals surface area contributed by atoms with Gasteiger partial charge in [0.1, 0.15) is 16.6 Å². The van der Waals surface area contributed by atoms with Gasteiger partial charge in [0.2, 0.25) is 0 Å². The van der Waals surface area contributed by atoms with E-state index >= 15 is 0 Å². The summed E-state index contributed by atoms with van der Waals surface area (Å²) in [4.78, 5) is 18.1. The Morgan fingerprint density at radius 2 is 2.00 bits per heavy atom. The van der Waals surface area contributed by atoms with Crippen molar-refractivity contribution < 1.29 is 13.6 Å². The van der Waals surface area contributed by atoms with Crippen LogP contribution in [0.5, 0.6) is 0 Å². The highest BCUT2D eigenvalue weighted by Crippen LogP contribution is 2.38. The summed E-state index contributed by atoms with van der Waals surface area (Å²) in [7, 11) is 0. The van der Waals surface area contributed by atoms with Gasteiger partial charge in [0.15, 0.2) is 5.76 Å². The van der Waals surface area contributed by atoms with Gasteiger partial charge in [-0.2, -0.15) is 0 Å². The average Bonchev–Trinajstić information content (AvgIpc) is 3.43. The molecule has 0 aliphatic carbocycles. The van der Waals surface area contributed by atoms with Gasteiger partial charge in [-0.15, -0.1) is 11.3 Å². The van der Waals surface area contributed by atoms with Gasteiger partial charge in [-0.05, 0) is 55.3 Å². The maximum absolute atomic E-state index is 14.9. The van der Waals surface area contributed by atoms with Gasteiger partial charge in [-0.3, -0.25) is 4.79 Å². The molecule has 1 amide bonds. The summed E-state index contributed by atoms with van der Waals surface area (Å²) in [6.07, 6.45) is 3.95. The molecule has 3 heterocycles. The highest BCUT2D eigenvalue weighted by atomic mass is 32.1. The molecule has 5 nitrogen and oxygen atoms in total. The van der Waals surface area contributed by atoms with Crippen LogP contribution in [0.1, 0.15) is 45.1 Å². The van der Waals surface area contributed by atoms with Gasteiger partial charge in [-0.1, -0.05) is 25.1 Å². The Bertz CT molecular complexity index is 1190. The number of hydrogen-bond acceptors (Lipinski definition) is 5. The van der Waals surface area contributed by atoms with E-state index in [0.29, 0.717) is 16.4 Å². The van der Waals surface area contributed by atoms with Crippen molar-refractivity contribution in [1.29, 1.82) is 0 Å². The van der Waals surface area contributed by atoms with Crippen LogP contribution < -0.4 is 10.6 Å². The molecule has 0 aliphatic heterocycles. The van der Waals surface area contributed by atoms with Crippen LogP contribution in [0.2, 0.25) is 0 Å². The van der Waals surface area contributed by atoms with Gasteiger partial charge < -0.3 is 15.1 Å². The molecule has 1 atom stereocenters. The van der Waals surface area contributed by atoms with Crippen molar-refractivity contribution in [1.82, 2.24) is 4.98 Å². The lowest BCUT2D eigenvalue weighted by molar-refractivity contribution is 0.0997. The monoisotopic (exact) mass is 435 g/mol. The number of benzene rings is 1. The number of pyridine rings is 1. The van der Waals surface area contributed by atoms with Crippen LogP contribution in [0.4, 0.5) is 15.2 Å². The fourth-order valence-corrected chi connectivity index (χ4v) is 4.34. The second kappa shape index (κ2) is 9.14. The first kappa shape index (κ1) is 20.8. The van der Waals surface area contributed by atoms with Crippen LogP contribution in [-0.2, 0) is 6.42 Å². The van der Waals surface area contributed by atoms with E-state index in [1.807, 2.05) is 32.0 Å². The molecule has 4 aromatic rings. The SMILES string of the molecule is CCc1cc([C@H](Nc2cc(C)ccn2)c2ccccc2F)c(NC(=O)c2ccco2)s1. The van der Waals surface area contributed by atoms with Gasteiger partial charge in [0.05, 0.1) is 12.3 Å². The molecular formula is C24H22FN3O2S. The number of furan rings is 1. The topological polar surface area (TPSA) is 67.2 Å². The van der Waals surface area contributed by atoms with E-state index in [1.165, 1.54) is 23.7 Å². The minimum Gasteiger partial charge on any atom is -0.459 e. The van der Waals surface area contributed by atoms with E-state index in [9.17, 15) is 9.18 Å². The zero-order valence-corrected chi connectivity index (χ0v) is 18.0. The highest BCUT2D eigenvalue weighted by molar-refractivity contribution is 7.16. The summed E-state index contributed by atoms with van der Waals surface area (Å²) in [6.45, 7) is 4.02. The lowest BCUT2D eigenvalue weighted by Gasteiger charge is -2.21. The van der Waals surface area contributed by atoms with Gasteiger partial charge in [0, 0.05) is 22.2 Å². The second-order valence-corrected chi connectivity index (χ2v) is 8.24. The quantitative estimate of drug-likeness (QED) is 0.363. The predicted octanol–water partition coefficient (Wildman–Crippen LogP) is 6.20.